The molecule has 0 bridgehead atoms. The maximum Gasteiger partial charge on any atom is 0.274 e. The van der Waals surface area contributed by atoms with Gasteiger partial charge in [0.2, 0.25) is 0 Å². The molecule has 1 aliphatic carbocycles. The molecule has 1 unspecified atom stereocenters. The first-order valence-corrected chi connectivity index (χ1v) is 3.93. The molecule has 1 aromatic heterocycles. The van der Waals surface area contributed by atoms with Crippen LogP contribution in [0.15, 0.2) is 18.5 Å². The molecular weight excluding hydrogens is 160 g/mol. The highest BCUT2D eigenvalue weighted by Crippen LogP contribution is 2.47. The van der Waals surface area contributed by atoms with Crippen LogP contribution in [0.2, 0.25) is 0 Å². The quantitative estimate of drug-likeness (QED) is 0.581. The maximum atomic E-state index is 13.2. The van der Waals surface area contributed by atoms with E-state index in [4.69, 9.17) is 0 Å². The summed E-state index contributed by atoms with van der Waals surface area (Å²) < 4.78 is 26.3. The van der Waals surface area contributed by atoms with Crippen LogP contribution in [0.1, 0.15) is 30.4 Å². The number of hydrogen-bond donors (Lipinski definition) is 0. The third-order valence-corrected chi connectivity index (χ3v) is 2.34. The zero-order chi connectivity index (χ0) is 8.77. The number of pyridine rings is 1. The molecule has 0 saturated heterocycles. The molecule has 0 spiro atoms. The monoisotopic (exact) mass is 169 g/mol. The summed E-state index contributed by atoms with van der Waals surface area (Å²) in [5, 5.41) is 0. The number of fused-ring (bicyclic) bond motifs is 1. The minimum absolute atomic E-state index is 0.0660. The molecule has 0 aromatic carbocycles. The summed E-state index contributed by atoms with van der Waals surface area (Å²) in [6.07, 6.45) is 2.89. The van der Waals surface area contributed by atoms with Crippen LogP contribution in [0.4, 0.5) is 8.78 Å². The van der Waals surface area contributed by atoms with Crippen molar-refractivity contribution in [1.29, 1.82) is 0 Å². The minimum Gasteiger partial charge on any atom is -0.264 e. The van der Waals surface area contributed by atoms with Gasteiger partial charge in [-0.15, -0.1) is 0 Å². The third kappa shape index (κ3) is 0.924. The van der Waals surface area contributed by atoms with Crippen LogP contribution in [-0.4, -0.2) is 4.98 Å². The highest BCUT2D eigenvalue weighted by Gasteiger charge is 2.42. The van der Waals surface area contributed by atoms with E-state index in [1.54, 1.807) is 13.1 Å². The molecule has 12 heavy (non-hydrogen) atoms. The van der Waals surface area contributed by atoms with E-state index in [-0.39, 0.29) is 17.9 Å². The number of hydrogen-bond acceptors (Lipinski definition) is 1. The van der Waals surface area contributed by atoms with E-state index in [1.807, 2.05) is 0 Å². The summed E-state index contributed by atoms with van der Waals surface area (Å²) in [4.78, 5) is 3.84. The molecule has 64 valence electrons. The predicted octanol–water partition coefficient (Wildman–Crippen LogP) is 2.68. The van der Waals surface area contributed by atoms with Gasteiger partial charge >= 0.3 is 0 Å². The molecule has 1 heterocycles. The second-order valence-electron chi connectivity index (χ2n) is 3.27. The summed E-state index contributed by atoms with van der Waals surface area (Å²) in [5.74, 6) is -2.71. The van der Waals surface area contributed by atoms with Gasteiger partial charge < -0.3 is 0 Å². The second-order valence-corrected chi connectivity index (χ2v) is 3.27. The molecule has 0 N–H and O–H groups in total. The van der Waals surface area contributed by atoms with Gasteiger partial charge in [0.15, 0.2) is 0 Å². The number of halogens is 2. The Kier molecular flexibility index (Phi) is 1.43. The fourth-order valence-electron chi connectivity index (χ4n) is 1.74. The van der Waals surface area contributed by atoms with E-state index in [2.05, 4.69) is 4.98 Å². The summed E-state index contributed by atoms with van der Waals surface area (Å²) in [6.45, 7) is 1.81. The van der Waals surface area contributed by atoms with Crippen LogP contribution in [0, 0.1) is 0 Å². The van der Waals surface area contributed by atoms with Crippen molar-refractivity contribution in [2.75, 3.05) is 0 Å². The largest absolute Gasteiger partial charge is 0.274 e. The van der Waals surface area contributed by atoms with Crippen molar-refractivity contribution in [1.82, 2.24) is 4.98 Å². The average molecular weight is 169 g/mol. The Morgan fingerprint density at radius 1 is 1.58 bits per heavy atom. The number of nitrogens with zero attached hydrogens (tertiary/aromatic N) is 1. The van der Waals surface area contributed by atoms with Gasteiger partial charge in [-0.1, -0.05) is 6.92 Å². The second kappa shape index (κ2) is 2.25. The lowest BCUT2D eigenvalue weighted by molar-refractivity contribution is -0.00577. The fourth-order valence-corrected chi connectivity index (χ4v) is 1.74. The van der Waals surface area contributed by atoms with E-state index in [1.165, 1.54) is 12.3 Å². The van der Waals surface area contributed by atoms with Crippen molar-refractivity contribution in [3.05, 3.63) is 29.6 Å². The Balaban J connectivity index is 2.58. The van der Waals surface area contributed by atoms with E-state index < -0.39 is 5.92 Å². The number of alkyl halides is 2. The van der Waals surface area contributed by atoms with Gasteiger partial charge in [0.1, 0.15) is 0 Å². The lowest BCUT2D eigenvalue weighted by Gasteiger charge is -2.08. The van der Waals surface area contributed by atoms with Crippen LogP contribution in [0.5, 0.6) is 0 Å². The summed E-state index contributed by atoms with van der Waals surface area (Å²) >= 11 is 0. The lowest BCUT2D eigenvalue weighted by atomic mass is 10.1. The minimum atomic E-state index is -2.64. The molecule has 3 heteroatoms. The maximum absolute atomic E-state index is 13.2. The molecule has 1 aromatic rings. The number of rotatable bonds is 0. The molecule has 2 rings (SSSR count). The first-order valence-electron chi connectivity index (χ1n) is 3.93. The SMILES string of the molecule is CC1CC(F)(F)c2ccncc21. The highest BCUT2D eigenvalue weighted by atomic mass is 19.3. The van der Waals surface area contributed by atoms with Crippen molar-refractivity contribution >= 4 is 0 Å². The van der Waals surface area contributed by atoms with Gasteiger partial charge in [-0.25, -0.2) is 8.78 Å². The van der Waals surface area contributed by atoms with Crippen molar-refractivity contribution in [2.45, 2.75) is 25.2 Å². The molecule has 0 saturated carbocycles. The molecular formula is C9H9F2N. The van der Waals surface area contributed by atoms with Crippen LogP contribution in [-0.2, 0) is 5.92 Å². The molecule has 0 amide bonds. The topological polar surface area (TPSA) is 12.9 Å². The predicted molar refractivity (Wildman–Crippen MR) is 41.2 cm³/mol. The van der Waals surface area contributed by atoms with Crippen LogP contribution in [0.3, 0.4) is 0 Å². The smallest absolute Gasteiger partial charge is 0.264 e. The van der Waals surface area contributed by atoms with Gasteiger partial charge in [-0.3, -0.25) is 4.98 Å². The Bertz CT molecular complexity index is 309. The van der Waals surface area contributed by atoms with E-state index in [0.29, 0.717) is 5.56 Å². The van der Waals surface area contributed by atoms with Crippen molar-refractivity contribution < 1.29 is 8.78 Å². The van der Waals surface area contributed by atoms with E-state index in [9.17, 15) is 8.78 Å². The summed E-state index contributed by atoms with van der Waals surface area (Å²) in [5.41, 5.74) is 0.854. The van der Waals surface area contributed by atoms with Crippen molar-refractivity contribution in [3.63, 3.8) is 0 Å². The average Bonchev–Trinajstić information content (AvgIpc) is 2.25. The molecule has 0 aliphatic heterocycles. The molecule has 0 radical (unpaired) electrons. The Labute approximate surface area is 69.4 Å². The van der Waals surface area contributed by atoms with Crippen molar-refractivity contribution in [3.8, 4) is 0 Å². The summed E-state index contributed by atoms with van der Waals surface area (Å²) in [6, 6.07) is 1.42. The molecule has 1 nitrogen and oxygen atoms in total. The zero-order valence-electron chi connectivity index (χ0n) is 6.72. The van der Waals surface area contributed by atoms with Crippen molar-refractivity contribution in [2.24, 2.45) is 0 Å². The fraction of sp³-hybridized carbons (Fsp3) is 0.444. The van der Waals surface area contributed by atoms with Gasteiger partial charge in [0, 0.05) is 24.4 Å². The first-order chi connectivity index (χ1) is 5.61. The Hall–Kier alpha value is -0.990. The number of aromatic nitrogens is 1. The Morgan fingerprint density at radius 3 is 3.00 bits per heavy atom. The van der Waals surface area contributed by atoms with E-state index in [0.717, 1.165) is 0 Å². The normalized spacial score (nSPS) is 25.4. The Morgan fingerprint density at radius 2 is 2.33 bits per heavy atom. The zero-order valence-corrected chi connectivity index (χ0v) is 6.72. The first kappa shape index (κ1) is 7.65. The van der Waals surface area contributed by atoms with E-state index >= 15 is 0 Å². The standard InChI is InChI=1S/C9H9F2N/c1-6-4-9(10,11)8-2-3-12-5-7(6)8/h2-3,5-6H,4H2,1H3. The molecule has 0 fully saturated rings. The van der Waals surface area contributed by atoms with Crippen LogP contribution in [0.25, 0.3) is 0 Å². The lowest BCUT2D eigenvalue weighted by Crippen LogP contribution is -2.07. The van der Waals surface area contributed by atoms with Gasteiger partial charge in [-0.2, -0.15) is 0 Å². The molecule has 1 atom stereocenters. The summed E-state index contributed by atoms with van der Waals surface area (Å²) in [7, 11) is 0. The third-order valence-electron chi connectivity index (χ3n) is 2.34. The van der Waals surface area contributed by atoms with Gasteiger partial charge in [-0.05, 0) is 17.5 Å². The molecule has 1 aliphatic rings. The van der Waals surface area contributed by atoms with Gasteiger partial charge in [0.05, 0.1) is 0 Å². The van der Waals surface area contributed by atoms with Crippen LogP contribution < -0.4 is 0 Å². The van der Waals surface area contributed by atoms with Gasteiger partial charge in [0.25, 0.3) is 5.92 Å². The van der Waals surface area contributed by atoms with Crippen LogP contribution >= 0.6 is 0 Å². The highest BCUT2D eigenvalue weighted by molar-refractivity contribution is 5.35.